The van der Waals surface area contributed by atoms with Crippen molar-refractivity contribution in [3.8, 4) is 5.75 Å². The van der Waals surface area contributed by atoms with Crippen molar-refractivity contribution in [2.45, 2.75) is 12.1 Å². The maximum atomic E-state index is 13.7. The van der Waals surface area contributed by atoms with Gasteiger partial charge in [-0.1, -0.05) is 47.5 Å². The molecule has 6 rings (SSSR count). The van der Waals surface area contributed by atoms with E-state index < -0.39 is 6.10 Å². The fourth-order valence-corrected chi connectivity index (χ4v) is 4.62. The molecule has 0 saturated carbocycles. The van der Waals surface area contributed by atoms with E-state index in [4.69, 9.17) is 27.9 Å². The van der Waals surface area contributed by atoms with Crippen LogP contribution in [0.1, 0.15) is 28.8 Å². The maximum absolute atomic E-state index is 13.7. The number of nitrogens with one attached hydrogen (secondary N) is 1. The predicted molar refractivity (Wildman–Crippen MR) is 121 cm³/mol. The quantitative estimate of drug-likeness (QED) is 0.379. The van der Waals surface area contributed by atoms with Crippen molar-refractivity contribution in [3.05, 3.63) is 111 Å². The first-order valence-corrected chi connectivity index (χ1v) is 10.7. The molecule has 0 amide bonds. The van der Waals surface area contributed by atoms with Crippen LogP contribution in [0.25, 0.3) is 5.70 Å². The van der Waals surface area contributed by atoms with Gasteiger partial charge in [-0.3, -0.25) is 0 Å². The highest BCUT2D eigenvalue weighted by Gasteiger charge is 2.41. The summed E-state index contributed by atoms with van der Waals surface area (Å²) in [5.41, 5.74) is 4.40. The number of aromatic nitrogens is 3. The molecule has 8 heteroatoms. The lowest BCUT2D eigenvalue weighted by Gasteiger charge is -2.39. The Morgan fingerprint density at radius 3 is 2.41 bits per heavy atom. The number of anilines is 1. The van der Waals surface area contributed by atoms with Crippen LogP contribution in [-0.2, 0) is 0 Å². The highest BCUT2D eigenvalue weighted by molar-refractivity contribution is 6.31. The van der Waals surface area contributed by atoms with Gasteiger partial charge in [-0.15, -0.1) is 0 Å². The largest absolute Gasteiger partial charge is 0.480 e. The Balaban J connectivity index is 1.63. The third kappa shape index (κ3) is 3.06. The fraction of sp³-hybridized carbons (Fsp3) is 0.0833. The van der Waals surface area contributed by atoms with Crippen molar-refractivity contribution in [2.24, 2.45) is 0 Å². The van der Waals surface area contributed by atoms with E-state index in [0.717, 1.165) is 28.0 Å². The van der Waals surface area contributed by atoms with E-state index >= 15 is 0 Å². The van der Waals surface area contributed by atoms with Crippen molar-refractivity contribution in [1.82, 2.24) is 14.8 Å². The van der Waals surface area contributed by atoms with Gasteiger partial charge in [0.2, 0.25) is 5.95 Å². The van der Waals surface area contributed by atoms with Gasteiger partial charge in [0.15, 0.2) is 0 Å². The van der Waals surface area contributed by atoms with Crippen molar-refractivity contribution >= 4 is 34.8 Å². The zero-order valence-corrected chi connectivity index (χ0v) is 18.0. The van der Waals surface area contributed by atoms with Crippen molar-refractivity contribution in [1.29, 1.82) is 0 Å². The summed E-state index contributed by atoms with van der Waals surface area (Å²) in [4.78, 5) is 4.39. The van der Waals surface area contributed by atoms with Gasteiger partial charge in [0.05, 0.1) is 5.70 Å². The number of fused-ring (bicyclic) bond motifs is 3. The predicted octanol–water partition coefficient (Wildman–Crippen LogP) is 6.28. The van der Waals surface area contributed by atoms with E-state index in [0.29, 0.717) is 21.7 Å². The third-order valence-electron chi connectivity index (χ3n) is 5.73. The van der Waals surface area contributed by atoms with E-state index in [-0.39, 0.29) is 11.9 Å². The van der Waals surface area contributed by atoms with E-state index in [2.05, 4.69) is 15.4 Å². The van der Waals surface area contributed by atoms with E-state index in [9.17, 15) is 4.39 Å². The summed E-state index contributed by atoms with van der Waals surface area (Å²) in [7, 11) is 0. The Labute approximate surface area is 193 Å². The first-order valence-electron chi connectivity index (χ1n) is 9.96. The number of ether oxygens (including phenoxy) is 1. The topological polar surface area (TPSA) is 52.0 Å². The number of halogens is 3. The minimum Gasteiger partial charge on any atom is -0.480 e. The van der Waals surface area contributed by atoms with Gasteiger partial charge < -0.3 is 10.1 Å². The van der Waals surface area contributed by atoms with Crippen molar-refractivity contribution < 1.29 is 9.13 Å². The van der Waals surface area contributed by atoms with E-state index in [1.165, 1.54) is 18.5 Å². The Hall–Kier alpha value is -3.35. The number of nitrogens with zero attached hydrogens (tertiary/aromatic N) is 3. The van der Waals surface area contributed by atoms with Gasteiger partial charge in [-0.05, 0) is 53.6 Å². The molecule has 2 atom stereocenters. The van der Waals surface area contributed by atoms with Crippen LogP contribution in [0.3, 0.4) is 0 Å². The maximum Gasteiger partial charge on any atom is 0.226 e. The molecule has 2 aliphatic heterocycles. The highest BCUT2D eigenvalue weighted by Crippen LogP contribution is 2.51. The van der Waals surface area contributed by atoms with Crippen molar-refractivity contribution in [3.63, 3.8) is 0 Å². The fourth-order valence-electron chi connectivity index (χ4n) is 4.32. The molecule has 3 aromatic carbocycles. The molecule has 0 radical (unpaired) electrons. The number of benzene rings is 3. The minimum absolute atomic E-state index is 0.304. The molecule has 2 aliphatic rings. The lowest BCUT2D eigenvalue weighted by molar-refractivity contribution is 0.223. The minimum atomic E-state index is -0.434. The van der Waals surface area contributed by atoms with Gasteiger partial charge in [-0.2, -0.15) is 10.1 Å². The van der Waals surface area contributed by atoms with Gasteiger partial charge in [-0.25, -0.2) is 9.07 Å². The molecule has 1 aromatic heterocycles. The molecule has 0 fully saturated rings. The molecule has 5 nitrogen and oxygen atoms in total. The highest BCUT2D eigenvalue weighted by atomic mass is 35.5. The van der Waals surface area contributed by atoms with Crippen LogP contribution < -0.4 is 10.1 Å². The molecule has 0 unspecified atom stereocenters. The number of hydrogen-bond donors (Lipinski definition) is 1. The molecule has 1 N–H and O–H groups in total. The number of hydrogen-bond acceptors (Lipinski definition) is 4. The summed E-state index contributed by atoms with van der Waals surface area (Å²) in [5, 5.41) is 9.10. The summed E-state index contributed by atoms with van der Waals surface area (Å²) in [5.74, 6) is 0.981. The summed E-state index contributed by atoms with van der Waals surface area (Å²) in [6.45, 7) is 0. The standard InChI is InChI=1S/C24H15Cl2FN4O/c25-15-5-1-14(2-6-15)23-20-21(18-11-16(26)7-10-19(18)32-23)30-24-28-12-29-31(24)22(20)13-3-8-17(27)9-4-13/h1-12,22-23H,(H,28,29,30)/t22-,23+/m1/s1. The second kappa shape index (κ2) is 7.36. The van der Waals surface area contributed by atoms with Crippen LogP contribution in [-0.4, -0.2) is 14.8 Å². The van der Waals surface area contributed by atoms with Crippen LogP contribution >= 0.6 is 23.2 Å². The first-order chi connectivity index (χ1) is 15.6. The molecule has 32 heavy (non-hydrogen) atoms. The SMILES string of the molecule is Fc1ccc([C@@H]2C3=C(Nc4ncnn42)c2cc(Cl)ccc2O[C@H]3c2ccc(Cl)cc2)cc1. The van der Waals surface area contributed by atoms with Gasteiger partial charge in [0.1, 0.15) is 30.0 Å². The van der Waals surface area contributed by atoms with E-state index in [1.807, 2.05) is 36.4 Å². The smallest absolute Gasteiger partial charge is 0.226 e. The number of rotatable bonds is 2. The second-order valence-corrected chi connectivity index (χ2v) is 8.50. The summed E-state index contributed by atoms with van der Waals surface area (Å²) < 4.78 is 22.0. The molecule has 3 heterocycles. The van der Waals surface area contributed by atoms with Gasteiger partial charge in [0, 0.05) is 21.2 Å². The lowest BCUT2D eigenvalue weighted by atomic mass is 9.84. The molecule has 158 valence electrons. The monoisotopic (exact) mass is 464 g/mol. The summed E-state index contributed by atoms with van der Waals surface area (Å²) >= 11 is 12.5. The molecular formula is C24H15Cl2FN4O. The Morgan fingerprint density at radius 1 is 0.906 bits per heavy atom. The van der Waals surface area contributed by atoms with Crippen LogP contribution in [0.15, 0.2) is 78.6 Å². The third-order valence-corrected chi connectivity index (χ3v) is 6.22. The summed E-state index contributed by atoms with van der Waals surface area (Å²) in [6.07, 6.45) is 1.06. The molecule has 4 aromatic rings. The van der Waals surface area contributed by atoms with E-state index in [1.54, 1.807) is 22.9 Å². The van der Waals surface area contributed by atoms with Crippen LogP contribution in [0.2, 0.25) is 10.0 Å². The normalized spacial score (nSPS) is 18.8. The lowest BCUT2D eigenvalue weighted by Crippen LogP contribution is -2.32. The Bertz CT molecular complexity index is 1370. The average Bonchev–Trinajstić information content (AvgIpc) is 3.27. The van der Waals surface area contributed by atoms with Gasteiger partial charge >= 0.3 is 0 Å². The van der Waals surface area contributed by atoms with Crippen LogP contribution in [0.5, 0.6) is 5.75 Å². The zero-order valence-electron chi connectivity index (χ0n) is 16.5. The molecule has 0 aliphatic carbocycles. The van der Waals surface area contributed by atoms with Crippen molar-refractivity contribution in [2.75, 3.05) is 5.32 Å². The van der Waals surface area contributed by atoms with Crippen LogP contribution in [0, 0.1) is 5.82 Å². The average molecular weight is 465 g/mol. The molecular weight excluding hydrogens is 450 g/mol. The summed E-state index contributed by atoms with van der Waals surface area (Å²) in [6, 6.07) is 19.1. The second-order valence-electron chi connectivity index (χ2n) is 7.63. The first kappa shape index (κ1) is 19.3. The Morgan fingerprint density at radius 2 is 1.62 bits per heavy atom. The van der Waals surface area contributed by atoms with Gasteiger partial charge in [0.25, 0.3) is 0 Å². The zero-order chi connectivity index (χ0) is 21.8. The molecule has 0 saturated heterocycles. The Kier molecular flexibility index (Phi) is 4.45. The molecule has 0 spiro atoms. The molecule has 0 bridgehead atoms. The van der Waals surface area contributed by atoms with Crippen LogP contribution in [0.4, 0.5) is 10.3 Å².